The zero-order valence-corrected chi connectivity index (χ0v) is 10.9. The van der Waals surface area contributed by atoms with E-state index in [1.54, 1.807) is 0 Å². The highest BCUT2D eigenvalue weighted by Crippen LogP contribution is 2.46. The van der Waals surface area contributed by atoms with Gasteiger partial charge in [0.05, 0.1) is 0 Å². The average Bonchev–Trinajstić information content (AvgIpc) is 2.39. The van der Waals surface area contributed by atoms with Gasteiger partial charge >= 0.3 is 0 Å². The SMILES string of the molecule is CCC(C)C(C)C1C(C)CC(C)C1C. The highest BCUT2D eigenvalue weighted by atomic mass is 14.4. The molecule has 6 atom stereocenters. The lowest BCUT2D eigenvalue weighted by Gasteiger charge is -2.32. The summed E-state index contributed by atoms with van der Waals surface area (Å²) in [4.78, 5) is 0. The van der Waals surface area contributed by atoms with E-state index in [9.17, 15) is 0 Å². The van der Waals surface area contributed by atoms with Gasteiger partial charge in [-0.3, -0.25) is 0 Å². The molecule has 1 aliphatic carbocycles. The summed E-state index contributed by atoms with van der Waals surface area (Å²) < 4.78 is 0. The Kier molecular flexibility index (Phi) is 4.04. The Hall–Kier alpha value is 0. The Morgan fingerprint density at radius 2 is 1.64 bits per heavy atom. The smallest absolute Gasteiger partial charge is 0.0332 e. The van der Waals surface area contributed by atoms with Crippen molar-refractivity contribution >= 4 is 0 Å². The Labute approximate surface area is 90.5 Å². The fraction of sp³-hybridized carbons (Fsp3) is 1.00. The molecule has 0 radical (unpaired) electrons. The highest BCUT2D eigenvalue weighted by Gasteiger charge is 2.39. The summed E-state index contributed by atoms with van der Waals surface area (Å²) in [6, 6.07) is 0. The van der Waals surface area contributed by atoms with Crippen LogP contribution in [0.15, 0.2) is 0 Å². The number of hydrogen-bond acceptors (Lipinski definition) is 0. The van der Waals surface area contributed by atoms with Gasteiger partial charge in [-0.1, -0.05) is 48.0 Å². The molecular weight excluding hydrogens is 168 g/mol. The van der Waals surface area contributed by atoms with E-state index in [1.807, 2.05) is 0 Å². The van der Waals surface area contributed by atoms with Crippen LogP contribution in [0.5, 0.6) is 0 Å². The van der Waals surface area contributed by atoms with Crippen LogP contribution in [0.2, 0.25) is 0 Å². The quantitative estimate of drug-likeness (QED) is 0.619. The third kappa shape index (κ3) is 2.15. The molecule has 0 heterocycles. The van der Waals surface area contributed by atoms with E-state index in [0.717, 1.165) is 35.5 Å². The third-order valence-electron chi connectivity index (χ3n) is 5.05. The minimum absolute atomic E-state index is 0.898. The summed E-state index contributed by atoms with van der Waals surface area (Å²) in [7, 11) is 0. The van der Waals surface area contributed by atoms with Gasteiger partial charge in [0.25, 0.3) is 0 Å². The zero-order valence-electron chi connectivity index (χ0n) is 10.9. The highest BCUT2D eigenvalue weighted by molar-refractivity contribution is 4.88. The lowest BCUT2D eigenvalue weighted by molar-refractivity contribution is 0.170. The minimum atomic E-state index is 0.898. The van der Waals surface area contributed by atoms with Crippen LogP contribution in [0.3, 0.4) is 0 Å². The molecule has 1 rings (SSSR count). The largest absolute Gasteiger partial charge is 0.0651 e. The van der Waals surface area contributed by atoms with Gasteiger partial charge in [-0.05, 0) is 41.9 Å². The van der Waals surface area contributed by atoms with Gasteiger partial charge in [0.15, 0.2) is 0 Å². The van der Waals surface area contributed by atoms with Crippen molar-refractivity contribution in [2.75, 3.05) is 0 Å². The van der Waals surface area contributed by atoms with Gasteiger partial charge in [-0.2, -0.15) is 0 Å². The van der Waals surface area contributed by atoms with Crippen molar-refractivity contribution in [3.05, 3.63) is 0 Å². The van der Waals surface area contributed by atoms with Crippen molar-refractivity contribution in [3.63, 3.8) is 0 Å². The van der Waals surface area contributed by atoms with Crippen molar-refractivity contribution < 1.29 is 0 Å². The maximum absolute atomic E-state index is 2.48. The molecule has 0 nitrogen and oxygen atoms in total. The second kappa shape index (κ2) is 4.68. The Balaban J connectivity index is 2.66. The maximum atomic E-state index is 2.48. The van der Waals surface area contributed by atoms with Crippen LogP contribution in [0.4, 0.5) is 0 Å². The summed E-state index contributed by atoms with van der Waals surface area (Å²) in [6.07, 6.45) is 2.79. The molecule has 0 bridgehead atoms. The van der Waals surface area contributed by atoms with Crippen LogP contribution in [0, 0.1) is 35.5 Å². The van der Waals surface area contributed by atoms with Crippen molar-refractivity contribution in [2.45, 2.75) is 54.4 Å². The van der Waals surface area contributed by atoms with Gasteiger partial charge in [-0.15, -0.1) is 0 Å². The van der Waals surface area contributed by atoms with E-state index >= 15 is 0 Å². The molecule has 0 amide bonds. The Morgan fingerprint density at radius 1 is 1.07 bits per heavy atom. The summed E-state index contributed by atoms with van der Waals surface area (Å²) in [5, 5.41) is 0. The fourth-order valence-corrected chi connectivity index (χ4v) is 3.60. The summed E-state index contributed by atoms with van der Waals surface area (Å²) in [5.41, 5.74) is 0. The normalized spacial score (nSPS) is 42.4. The summed E-state index contributed by atoms with van der Waals surface area (Å²) in [6.45, 7) is 14.6. The molecule has 0 spiro atoms. The molecular formula is C14H28. The number of hydrogen-bond donors (Lipinski definition) is 0. The van der Waals surface area contributed by atoms with Crippen LogP contribution in [0.25, 0.3) is 0 Å². The molecule has 1 aliphatic rings. The van der Waals surface area contributed by atoms with Gasteiger partial charge < -0.3 is 0 Å². The molecule has 0 aromatic carbocycles. The number of rotatable bonds is 3. The van der Waals surface area contributed by atoms with E-state index in [4.69, 9.17) is 0 Å². The maximum Gasteiger partial charge on any atom is -0.0332 e. The van der Waals surface area contributed by atoms with Crippen molar-refractivity contribution in [1.29, 1.82) is 0 Å². The molecule has 0 aromatic rings. The van der Waals surface area contributed by atoms with Crippen LogP contribution in [-0.2, 0) is 0 Å². The van der Waals surface area contributed by atoms with E-state index in [2.05, 4.69) is 41.5 Å². The molecule has 0 aromatic heterocycles. The van der Waals surface area contributed by atoms with Gasteiger partial charge in [0, 0.05) is 0 Å². The fourth-order valence-electron chi connectivity index (χ4n) is 3.60. The molecule has 0 saturated heterocycles. The Morgan fingerprint density at radius 3 is 2.00 bits per heavy atom. The Bertz CT molecular complexity index is 173. The predicted octanol–water partition coefficient (Wildman–Crippen LogP) is 4.60. The van der Waals surface area contributed by atoms with Gasteiger partial charge in [0.1, 0.15) is 0 Å². The van der Waals surface area contributed by atoms with Crippen LogP contribution in [0.1, 0.15) is 54.4 Å². The van der Waals surface area contributed by atoms with Crippen molar-refractivity contribution in [2.24, 2.45) is 35.5 Å². The van der Waals surface area contributed by atoms with Crippen molar-refractivity contribution in [1.82, 2.24) is 0 Å². The molecule has 1 fully saturated rings. The standard InChI is InChI=1S/C14H28/c1-7-9(2)12(5)14-11(4)8-10(3)13(14)6/h9-14H,7-8H2,1-6H3. The zero-order chi connectivity index (χ0) is 10.9. The minimum Gasteiger partial charge on any atom is -0.0651 e. The molecule has 14 heavy (non-hydrogen) atoms. The monoisotopic (exact) mass is 196 g/mol. The van der Waals surface area contributed by atoms with E-state index in [1.165, 1.54) is 12.8 Å². The first-order valence-electron chi connectivity index (χ1n) is 6.49. The lowest BCUT2D eigenvalue weighted by Crippen LogP contribution is -2.25. The lowest BCUT2D eigenvalue weighted by atomic mass is 9.74. The second-order valence-corrected chi connectivity index (χ2v) is 5.87. The summed E-state index contributed by atoms with van der Waals surface area (Å²) >= 11 is 0. The first kappa shape index (κ1) is 12.1. The van der Waals surface area contributed by atoms with E-state index in [-0.39, 0.29) is 0 Å². The topological polar surface area (TPSA) is 0 Å². The van der Waals surface area contributed by atoms with Gasteiger partial charge in [0.2, 0.25) is 0 Å². The predicted molar refractivity (Wildman–Crippen MR) is 64.2 cm³/mol. The van der Waals surface area contributed by atoms with Crippen LogP contribution >= 0.6 is 0 Å². The second-order valence-electron chi connectivity index (χ2n) is 5.87. The molecule has 0 N–H and O–H groups in total. The summed E-state index contributed by atoms with van der Waals surface area (Å²) in [5.74, 6) is 5.62. The van der Waals surface area contributed by atoms with E-state index < -0.39 is 0 Å². The first-order valence-corrected chi connectivity index (χ1v) is 6.49. The average molecular weight is 196 g/mol. The van der Waals surface area contributed by atoms with Crippen LogP contribution in [-0.4, -0.2) is 0 Å². The van der Waals surface area contributed by atoms with Gasteiger partial charge in [-0.25, -0.2) is 0 Å². The first-order chi connectivity index (χ1) is 6.49. The molecule has 0 aliphatic heterocycles. The van der Waals surface area contributed by atoms with Crippen LogP contribution < -0.4 is 0 Å². The molecule has 6 unspecified atom stereocenters. The third-order valence-corrected chi connectivity index (χ3v) is 5.05. The molecule has 84 valence electrons. The molecule has 1 saturated carbocycles. The van der Waals surface area contributed by atoms with E-state index in [0.29, 0.717) is 0 Å². The van der Waals surface area contributed by atoms with Crippen molar-refractivity contribution in [3.8, 4) is 0 Å². The molecule has 0 heteroatoms.